The number of nitrogens with one attached hydrogen (secondary N) is 1. The van der Waals surface area contributed by atoms with Crippen molar-refractivity contribution in [3.05, 3.63) is 131 Å². The number of quaternary nitrogens is 1. The number of aromatic hydroxyl groups is 1. The van der Waals surface area contributed by atoms with Crippen molar-refractivity contribution in [1.29, 1.82) is 0 Å². The van der Waals surface area contributed by atoms with Gasteiger partial charge in [0.1, 0.15) is 23.2 Å². The molecular weight excluding hydrogens is 1010 g/mol. The van der Waals surface area contributed by atoms with Gasteiger partial charge in [0.05, 0.1) is 30.2 Å². The number of aliphatic carboxylic acids is 2. The number of hydrogen-bond donors (Lipinski definition) is 4. The summed E-state index contributed by atoms with van der Waals surface area (Å²) in [5.41, 5.74) is 5.26. The number of carbonyl (C=O) groups is 2. The molecule has 53 heavy (non-hydrogen) atoms. The first-order valence-electron chi connectivity index (χ1n) is 17.3. The average molecular weight is 1050 g/mol. The van der Waals surface area contributed by atoms with Crippen molar-refractivity contribution in [2.45, 2.75) is 63.1 Å². The van der Waals surface area contributed by atoms with Gasteiger partial charge < -0.3 is 25.0 Å². The summed E-state index contributed by atoms with van der Waals surface area (Å²) in [6, 6.07) is 31.7. The second-order valence-corrected chi connectivity index (χ2v) is 30.5. The van der Waals surface area contributed by atoms with E-state index in [1.807, 2.05) is 72.8 Å². The molecule has 4 aromatic carbocycles. The molecule has 0 fully saturated rings. The summed E-state index contributed by atoms with van der Waals surface area (Å²) in [6.45, 7) is 9.63. The molecule has 3 heterocycles. The molecule has 7 rings (SSSR count). The van der Waals surface area contributed by atoms with E-state index in [0.29, 0.717) is 26.3 Å². The van der Waals surface area contributed by atoms with Crippen LogP contribution < -0.4 is 27.8 Å². The summed E-state index contributed by atoms with van der Waals surface area (Å²) < 4.78 is 6.57. The molecule has 0 radical (unpaired) electrons. The van der Waals surface area contributed by atoms with Crippen LogP contribution in [0.4, 0.5) is 11.4 Å². The number of nitrogens with zero attached hydrogens (tertiary/aromatic N) is 1. The fraction of sp³-hybridized carbons (Fsp3) is 0.286. The topological polar surface area (TPSA) is 112 Å². The zero-order valence-electron chi connectivity index (χ0n) is 30.1. The van der Waals surface area contributed by atoms with Gasteiger partial charge in [-0.05, 0) is 81.8 Å². The van der Waals surface area contributed by atoms with E-state index in [9.17, 15) is 19.8 Å². The molecule has 0 aliphatic carbocycles. The molecule has 8 nitrogen and oxygen atoms in total. The molecule has 0 aromatic heterocycles. The molecule has 3 atom stereocenters. The first kappa shape index (κ1) is 41.0. The van der Waals surface area contributed by atoms with Gasteiger partial charge in [0, 0.05) is 28.9 Å². The monoisotopic (exact) mass is 1050 g/mol. The Morgan fingerprint density at radius 1 is 0.849 bits per heavy atom. The second-order valence-electron chi connectivity index (χ2n) is 14.2. The Kier molecular flexibility index (Phi) is 13.6. The SMILES string of the molecule is CC1(C)c2ccccc2N(CCC(=O)O)C12C=Cc1ccccc1O2.CC1(C)c2ccccc2[NH+](CCC(=O)O)C1/C=C/c1ccccc1O.I[I-]I. The Morgan fingerprint density at radius 3 is 2.15 bits per heavy atom. The number of rotatable bonds is 8. The Hall–Kier alpha value is -3.15. The van der Waals surface area contributed by atoms with Crippen LogP contribution >= 0.6 is 37.2 Å². The molecule has 0 saturated heterocycles. The third kappa shape index (κ3) is 8.57. The molecule has 3 aliphatic rings. The van der Waals surface area contributed by atoms with Crippen LogP contribution in [0.1, 0.15) is 62.8 Å². The van der Waals surface area contributed by atoms with Gasteiger partial charge in [-0.15, -0.1) is 0 Å². The van der Waals surface area contributed by atoms with E-state index in [0.717, 1.165) is 27.5 Å². The second kappa shape index (κ2) is 17.5. The fourth-order valence-electron chi connectivity index (χ4n) is 7.85. The normalized spacial score (nSPS) is 21.1. The van der Waals surface area contributed by atoms with Gasteiger partial charge in [0.2, 0.25) is 5.72 Å². The van der Waals surface area contributed by atoms with Crippen LogP contribution in [0.5, 0.6) is 11.5 Å². The van der Waals surface area contributed by atoms with Gasteiger partial charge in [-0.3, -0.25) is 14.5 Å². The van der Waals surface area contributed by atoms with Crippen molar-refractivity contribution in [1.82, 2.24) is 0 Å². The van der Waals surface area contributed by atoms with E-state index in [4.69, 9.17) is 9.84 Å². The van der Waals surface area contributed by atoms with E-state index < -0.39 is 17.7 Å². The number of anilines is 1. The zero-order valence-corrected chi connectivity index (χ0v) is 36.6. The van der Waals surface area contributed by atoms with E-state index in [1.165, 1.54) is 16.8 Å². The van der Waals surface area contributed by atoms with Gasteiger partial charge in [-0.25, -0.2) is 0 Å². The minimum atomic E-state index is -0.808. The maximum absolute atomic E-state index is 11.2. The van der Waals surface area contributed by atoms with Crippen LogP contribution in [-0.4, -0.2) is 52.1 Å². The number of phenolic OH excluding ortho intramolecular Hbond substituents is 1. The van der Waals surface area contributed by atoms with E-state index in [-0.39, 0.29) is 35.5 Å². The van der Waals surface area contributed by atoms with Crippen molar-refractivity contribution in [3.8, 4) is 11.5 Å². The standard InChI is InChI=1S/C21H21NO3.C21H23NO3.I3/c1-20(2)16-8-4-5-9-17(16)22(14-12-19(23)24)21(20)13-11-15-7-3-6-10-18(15)25-21;1-21(2)16-8-4-5-9-17(16)22(14-13-20(24)25)19(21)12-11-15-7-3-6-10-18(15)23;1-3-2/h3-11,13H,12,14H2,1-2H3,(H,23,24);3-12,19,23H,13-14H2,1-2H3,(H,24,25);/q;;-1/p+1/b;12-11+;. The summed E-state index contributed by atoms with van der Waals surface area (Å²) in [6.07, 6.45) is 8.39. The van der Waals surface area contributed by atoms with Gasteiger partial charge in [0.15, 0.2) is 0 Å². The van der Waals surface area contributed by atoms with Crippen LogP contribution in [0, 0.1) is 0 Å². The molecule has 4 N–H and O–H groups in total. The Labute approximate surface area is 341 Å². The molecule has 11 heteroatoms. The van der Waals surface area contributed by atoms with Crippen LogP contribution in [-0.2, 0) is 20.4 Å². The summed E-state index contributed by atoms with van der Waals surface area (Å²) >= 11 is 5.30. The number of halogens is 3. The van der Waals surface area contributed by atoms with Crippen molar-refractivity contribution in [3.63, 3.8) is 0 Å². The van der Waals surface area contributed by atoms with Gasteiger partial charge >= 0.3 is 62.4 Å². The molecule has 4 aromatic rings. The molecule has 1 spiro atoms. The fourth-order valence-corrected chi connectivity index (χ4v) is 7.85. The molecule has 0 saturated carbocycles. The third-order valence-corrected chi connectivity index (χ3v) is 10.5. The van der Waals surface area contributed by atoms with Crippen molar-refractivity contribution in [2.24, 2.45) is 0 Å². The molecule has 3 aliphatic heterocycles. The van der Waals surface area contributed by atoms with E-state index in [2.05, 4.69) is 106 Å². The number of phenols is 1. The molecule has 0 bridgehead atoms. The van der Waals surface area contributed by atoms with Crippen molar-refractivity contribution >= 4 is 72.7 Å². The number of carboxylic acid groups (broad SMARTS) is 2. The van der Waals surface area contributed by atoms with E-state index in [1.54, 1.807) is 12.1 Å². The zero-order chi connectivity index (χ0) is 38.4. The predicted molar refractivity (Wildman–Crippen MR) is 224 cm³/mol. The first-order chi connectivity index (χ1) is 25.3. The van der Waals surface area contributed by atoms with Gasteiger partial charge in [-0.2, -0.15) is 0 Å². The number of benzene rings is 4. The summed E-state index contributed by atoms with van der Waals surface area (Å²) in [5.74, 6) is -0.513. The maximum atomic E-state index is 11.2. The van der Waals surface area contributed by atoms with Gasteiger partial charge in [-0.1, -0.05) is 72.8 Å². The van der Waals surface area contributed by atoms with Crippen LogP contribution in [0.2, 0.25) is 0 Å². The number of fused-ring (bicyclic) bond motifs is 3. The third-order valence-electron chi connectivity index (χ3n) is 10.5. The van der Waals surface area contributed by atoms with Gasteiger partial charge in [0.25, 0.3) is 0 Å². The predicted octanol–water partition coefficient (Wildman–Crippen LogP) is 5.59. The number of ether oxygens (including phenoxy) is 1. The Bertz CT molecular complexity index is 1990. The molecule has 280 valence electrons. The minimum absolute atomic E-state index is 0.0605. The quantitative estimate of drug-likeness (QED) is 0.171. The summed E-state index contributed by atoms with van der Waals surface area (Å²) in [4.78, 5) is 25.6. The van der Waals surface area contributed by atoms with Crippen LogP contribution in [0.3, 0.4) is 0 Å². The molecule has 3 unspecified atom stereocenters. The molecule has 0 amide bonds. The molecular formula is C42H45I3N2O6. The first-order valence-corrected chi connectivity index (χ1v) is 29.9. The summed E-state index contributed by atoms with van der Waals surface area (Å²) in [5, 5.41) is 28.3. The Morgan fingerprint density at radius 2 is 1.45 bits per heavy atom. The van der Waals surface area contributed by atoms with Crippen LogP contribution in [0.25, 0.3) is 12.2 Å². The number of para-hydroxylation sites is 4. The average Bonchev–Trinajstić information content (AvgIpc) is 3.46. The van der Waals surface area contributed by atoms with E-state index >= 15 is 0 Å². The number of carboxylic acids is 2. The van der Waals surface area contributed by atoms with Crippen molar-refractivity contribution in [2.75, 3.05) is 18.0 Å². The summed E-state index contributed by atoms with van der Waals surface area (Å²) in [7, 11) is 0. The van der Waals surface area contributed by atoms with Crippen LogP contribution in [0.15, 0.2) is 109 Å². The number of hydrogen-bond acceptors (Lipinski definition) is 5. The van der Waals surface area contributed by atoms with Crippen molar-refractivity contribution < 1.29 is 47.8 Å². The Balaban J connectivity index is 0.000000190.